The minimum atomic E-state index is 0.761. The lowest BCUT2D eigenvalue weighted by atomic mass is 10.3. The molecule has 0 unspecified atom stereocenters. The minimum Gasteiger partial charge on any atom is -0.366 e. The van der Waals surface area contributed by atoms with Crippen molar-refractivity contribution >= 4 is 17.3 Å². The Labute approximate surface area is 90.1 Å². The zero-order valence-electron chi connectivity index (χ0n) is 8.53. The lowest BCUT2D eigenvalue weighted by molar-refractivity contribution is 0.425. The Morgan fingerprint density at radius 3 is 2.86 bits per heavy atom. The first-order valence-electron chi connectivity index (χ1n) is 4.64. The van der Waals surface area contributed by atoms with Gasteiger partial charge in [0.1, 0.15) is 0 Å². The maximum absolute atomic E-state index is 5.16. The third-order valence-corrected chi connectivity index (χ3v) is 2.42. The van der Waals surface area contributed by atoms with Crippen LogP contribution in [0.15, 0.2) is 24.4 Å². The quantitative estimate of drug-likeness (QED) is 0.762. The summed E-state index contributed by atoms with van der Waals surface area (Å²) in [4.78, 5) is 6.32. The molecular formula is C10H15N3S. The highest BCUT2D eigenvalue weighted by Gasteiger charge is 2.06. The summed E-state index contributed by atoms with van der Waals surface area (Å²) in [6.07, 6.45) is 1.80. The van der Waals surface area contributed by atoms with Crippen molar-refractivity contribution in [2.75, 3.05) is 13.6 Å². The standard InChI is InChI=1S/C10H15N3S/c1-3-13(10(14)11-2)8-9-6-4-5-7-12-9/h4-7H,3,8H2,1-2H3,(H,11,14). The maximum Gasteiger partial charge on any atom is 0.169 e. The molecule has 14 heavy (non-hydrogen) atoms. The highest BCUT2D eigenvalue weighted by molar-refractivity contribution is 7.80. The van der Waals surface area contributed by atoms with E-state index in [1.807, 2.05) is 25.2 Å². The van der Waals surface area contributed by atoms with E-state index in [4.69, 9.17) is 12.2 Å². The van der Waals surface area contributed by atoms with E-state index in [1.165, 1.54) is 0 Å². The van der Waals surface area contributed by atoms with Gasteiger partial charge in [0.25, 0.3) is 0 Å². The molecule has 1 rings (SSSR count). The van der Waals surface area contributed by atoms with E-state index in [0.29, 0.717) is 0 Å². The Kier molecular flexibility index (Phi) is 4.32. The van der Waals surface area contributed by atoms with Crippen LogP contribution in [0.5, 0.6) is 0 Å². The van der Waals surface area contributed by atoms with E-state index in [9.17, 15) is 0 Å². The Hall–Kier alpha value is -1.16. The number of nitrogens with one attached hydrogen (secondary N) is 1. The molecule has 0 radical (unpaired) electrons. The number of nitrogens with zero attached hydrogens (tertiary/aromatic N) is 2. The second kappa shape index (κ2) is 5.54. The van der Waals surface area contributed by atoms with Crippen molar-refractivity contribution < 1.29 is 0 Å². The summed E-state index contributed by atoms with van der Waals surface area (Å²) in [5.74, 6) is 0. The highest BCUT2D eigenvalue weighted by atomic mass is 32.1. The Balaban J connectivity index is 2.62. The smallest absolute Gasteiger partial charge is 0.169 e. The minimum absolute atomic E-state index is 0.761. The largest absolute Gasteiger partial charge is 0.366 e. The molecule has 0 aliphatic carbocycles. The zero-order chi connectivity index (χ0) is 10.4. The third-order valence-electron chi connectivity index (χ3n) is 1.96. The number of rotatable bonds is 3. The molecule has 1 aromatic rings. The van der Waals surface area contributed by atoms with Gasteiger partial charge in [-0.1, -0.05) is 6.07 Å². The predicted molar refractivity (Wildman–Crippen MR) is 62.0 cm³/mol. The van der Waals surface area contributed by atoms with E-state index in [2.05, 4.69) is 22.1 Å². The monoisotopic (exact) mass is 209 g/mol. The van der Waals surface area contributed by atoms with Gasteiger partial charge in [-0.15, -0.1) is 0 Å². The number of pyridine rings is 1. The Morgan fingerprint density at radius 1 is 1.57 bits per heavy atom. The molecule has 0 fully saturated rings. The van der Waals surface area contributed by atoms with E-state index in [1.54, 1.807) is 6.20 Å². The van der Waals surface area contributed by atoms with Gasteiger partial charge in [0, 0.05) is 19.8 Å². The van der Waals surface area contributed by atoms with Gasteiger partial charge in [0.2, 0.25) is 0 Å². The van der Waals surface area contributed by atoms with Gasteiger partial charge in [0.15, 0.2) is 5.11 Å². The molecule has 1 N–H and O–H groups in total. The summed E-state index contributed by atoms with van der Waals surface area (Å²) < 4.78 is 0. The first-order valence-corrected chi connectivity index (χ1v) is 5.05. The molecule has 0 amide bonds. The molecule has 0 aliphatic rings. The van der Waals surface area contributed by atoms with Crippen LogP contribution in [0.2, 0.25) is 0 Å². The molecule has 1 aromatic heterocycles. The normalized spacial score (nSPS) is 9.57. The number of hydrogen-bond acceptors (Lipinski definition) is 2. The Morgan fingerprint density at radius 2 is 2.36 bits per heavy atom. The van der Waals surface area contributed by atoms with Crippen LogP contribution in [0, 0.1) is 0 Å². The second-order valence-electron chi connectivity index (χ2n) is 2.89. The van der Waals surface area contributed by atoms with Gasteiger partial charge in [-0.05, 0) is 31.3 Å². The van der Waals surface area contributed by atoms with Crippen LogP contribution in [-0.2, 0) is 6.54 Å². The number of aromatic nitrogens is 1. The van der Waals surface area contributed by atoms with Crippen LogP contribution in [0.25, 0.3) is 0 Å². The summed E-state index contributed by atoms with van der Waals surface area (Å²) in [6.45, 7) is 3.72. The Bertz CT molecular complexity index is 287. The lowest BCUT2D eigenvalue weighted by Gasteiger charge is -2.22. The van der Waals surface area contributed by atoms with Crippen molar-refractivity contribution in [3.05, 3.63) is 30.1 Å². The van der Waals surface area contributed by atoms with Crippen LogP contribution < -0.4 is 5.32 Å². The van der Waals surface area contributed by atoms with Crippen molar-refractivity contribution in [1.29, 1.82) is 0 Å². The molecule has 0 saturated carbocycles. The fraction of sp³-hybridized carbons (Fsp3) is 0.400. The van der Waals surface area contributed by atoms with Crippen LogP contribution in [0.1, 0.15) is 12.6 Å². The molecule has 76 valence electrons. The van der Waals surface area contributed by atoms with Gasteiger partial charge in [-0.25, -0.2) is 0 Å². The summed E-state index contributed by atoms with van der Waals surface area (Å²) in [6, 6.07) is 5.90. The first-order chi connectivity index (χ1) is 6.77. The van der Waals surface area contributed by atoms with Crippen molar-refractivity contribution in [1.82, 2.24) is 15.2 Å². The van der Waals surface area contributed by atoms with Crippen molar-refractivity contribution in [3.63, 3.8) is 0 Å². The van der Waals surface area contributed by atoms with Gasteiger partial charge in [-0.2, -0.15) is 0 Å². The van der Waals surface area contributed by atoms with Crippen LogP contribution in [0.4, 0.5) is 0 Å². The molecule has 1 heterocycles. The summed E-state index contributed by atoms with van der Waals surface area (Å²) >= 11 is 5.16. The van der Waals surface area contributed by atoms with E-state index in [0.717, 1.165) is 23.9 Å². The van der Waals surface area contributed by atoms with Crippen LogP contribution in [0.3, 0.4) is 0 Å². The SMILES string of the molecule is CCN(Cc1ccccn1)C(=S)NC. The van der Waals surface area contributed by atoms with Gasteiger partial charge < -0.3 is 10.2 Å². The summed E-state index contributed by atoms with van der Waals surface area (Å²) in [7, 11) is 1.84. The number of thiocarbonyl (C=S) groups is 1. The summed E-state index contributed by atoms with van der Waals surface area (Å²) in [5, 5.41) is 3.73. The van der Waals surface area contributed by atoms with E-state index in [-0.39, 0.29) is 0 Å². The van der Waals surface area contributed by atoms with E-state index >= 15 is 0 Å². The average Bonchev–Trinajstić information content (AvgIpc) is 2.26. The maximum atomic E-state index is 5.16. The first kappa shape index (κ1) is 10.9. The topological polar surface area (TPSA) is 28.2 Å². The summed E-state index contributed by atoms with van der Waals surface area (Å²) in [5.41, 5.74) is 1.03. The third kappa shape index (κ3) is 2.96. The van der Waals surface area contributed by atoms with Gasteiger partial charge in [0.05, 0.1) is 12.2 Å². The van der Waals surface area contributed by atoms with Crippen molar-refractivity contribution in [2.24, 2.45) is 0 Å². The fourth-order valence-electron chi connectivity index (χ4n) is 1.17. The van der Waals surface area contributed by atoms with Crippen LogP contribution >= 0.6 is 12.2 Å². The second-order valence-corrected chi connectivity index (χ2v) is 3.28. The van der Waals surface area contributed by atoms with Gasteiger partial charge in [-0.3, -0.25) is 4.98 Å². The highest BCUT2D eigenvalue weighted by Crippen LogP contribution is 2.00. The van der Waals surface area contributed by atoms with Crippen molar-refractivity contribution in [3.8, 4) is 0 Å². The molecule has 0 bridgehead atoms. The molecule has 0 spiro atoms. The molecule has 0 aliphatic heterocycles. The van der Waals surface area contributed by atoms with Gasteiger partial charge >= 0.3 is 0 Å². The average molecular weight is 209 g/mol. The lowest BCUT2D eigenvalue weighted by Crippen LogP contribution is -2.37. The molecular weight excluding hydrogens is 194 g/mol. The molecule has 0 saturated heterocycles. The van der Waals surface area contributed by atoms with Crippen LogP contribution in [-0.4, -0.2) is 28.6 Å². The van der Waals surface area contributed by atoms with Crippen molar-refractivity contribution in [2.45, 2.75) is 13.5 Å². The molecule has 3 nitrogen and oxygen atoms in total. The van der Waals surface area contributed by atoms with E-state index < -0.39 is 0 Å². The molecule has 0 atom stereocenters. The number of hydrogen-bond donors (Lipinski definition) is 1. The molecule has 4 heteroatoms. The fourth-order valence-corrected chi connectivity index (χ4v) is 1.37. The molecule has 0 aromatic carbocycles. The zero-order valence-corrected chi connectivity index (χ0v) is 9.34. The predicted octanol–water partition coefficient (Wildman–Crippen LogP) is 1.41.